The number of nitrogens with zero attached hydrogens (tertiary/aromatic N) is 1. The van der Waals surface area contributed by atoms with Crippen LogP contribution in [0.2, 0.25) is 0 Å². The van der Waals surface area contributed by atoms with Crippen LogP contribution in [0, 0.1) is 6.92 Å². The lowest BCUT2D eigenvalue weighted by atomic mass is 10.1. The van der Waals surface area contributed by atoms with Crippen molar-refractivity contribution in [2.75, 3.05) is 0 Å². The van der Waals surface area contributed by atoms with Crippen molar-refractivity contribution in [1.29, 1.82) is 0 Å². The number of benzene rings is 2. The monoisotopic (exact) mass is 363 g/mol. The Morgan fingerprint density at radius 1 is 1.15 bits per heavy atom. The molecule has 138 valence electrons. The van der Waals surface area contributed by atoms with E-state index in [0.29, 0.717) is 30.4 Å². The number of aryl methyl sites for hydroxylation is 1. The summed E-state index contributed by atoms with van der Waals surface area (Å²) < 4.78 is 17.2. The van der Waals surface area contributed by atoms with Crippen molar-refractivity contribution in [2.45, 2.75) is 33.0 Å². The lowest BCUT2D eigenvalue weighted by molar-refractivity contribution is 0.148. The molecule has 0 aliphatic rings. The minimum atomic E-state index is -0.621. The summed E-state index contributed by atoms with van der Waals surface area (Å²) in [6, 6.07) is 15.5. The fraction of sp³-hybridized carbons (Fsp3) is 0.227. The Morgan fingerprint density at radius 2 is 1.96 bits per heavy atom. The van der Waals surface area contributed by atoms with Crippen LogP contribution in [0.25, 0.3) is 22.2 Å². The lowest BCUT2D eigenvalue weighted by Crippen LogP contribution is -1.98. The van der Waals surface area contributed by atoms with Crippen molar-refractivity contribution in [3.63, 3.8) is 0 Å². The van der Waals surface area contributed by atoms with Gasteiger partial charge >= 0.3 is 0 Å². The Morgan fingerprint density at radius 3 is 2.74 bits per heavy atom. The third-order valence-electron chi connectivity index (χ3n) is 4.58. The smallest absolute Gasteiger partial charge is 0.226 e. The molecule has 0 aliphatic carbocycles. The highest BCUT2D eigenvalue weighted by atomic mass is 16.5. The van der Waals surface area contributed by atoms with Crippen LogP contribution in [0.15, 0.2) is 63.6 Å². The molecule has 4 aromatic rings. The van der Waals surface area contributed by atoms with Crippen LogP contribution in [0.3, 0.4) is 0 Å². The van der Waals surface area contributed by atoms with Gasteiger partial charge in [-0.1, -0.05) is 25.1 Å². The first-order valence-electron chi connectivity index (χ1n) is 8.99. The average Bonchev–Trinajstić information content (AvgIpc) is 3.29. The minimum Gasteiger partial charge on any atom is -0.487 e. The highest BCUT2D eigenvalue weighted by Gasteiger charge is 2.15. The fourth-order valence-electron chi connectivity index (χ4n) is 2.99. The summed E-state index contributed by atoms with van der Waals surface area (Å²) in [5.41, 5.74) is 1.69. The van der Waals surface area contributed by atoms with E-state index in [1.54, 1.807) is 6.26 Å². The highest BCUT2D eigenvalue weighted by molar-refractivity contribution is 5.85. The lowest BCUT2D eigenvalue weighted by Gasteiger charge is -2.07. The molecule has 1 atom stereocenters. The largest absolute Gasteiger partial charge is 0.487 e. The Kier molecular flexibility index (Phi) is 4.69. The Labute approximate surface area is 157 Å². The third-order valence-corrected chi connectivity index (χ3v) is 4.58. The molecule has 0 spiro atoms. The van der Waals surface area contributed by atoms with Crippen LogP contribution < -0.4 is 4.74 Å². The molecule has 0 aliphatic heterocycles. The highest BCUT2D eigenvalue weighted by Crippen LogP contribution is 2.31. The molecule has 0 fully saturated rings. The molecule has 2 heterocycles. The van der Waals surface area contributed by atoms with E-state index in [1.807, 2.05) is 62.4 Å². The van der Waals surface area contributed by atoms with Crippen molar-refractivity contribution in [3.8, 4) is 17.2 Å². The number of aliphatic hydroxyl groups excluding tert-OH is 1. The van der Waals surface area contributed by atoms with Crippen LogP contribution in [0.5, 0.6) is 5.75 Å². The van der Waals surface area contributed by atoms with E-state index >= 15 is 0 Å². The maximum absolute atomic E-state index is 10.1. The predicted molar refractivity (Wildman–Crippen MR) is 102 cm³/mol. The molecule has 0 amide bonds. The van der Waals surface area contributed by atoms with Gasteiger partial charge < -0.3 is 18.7 Å². The standard InChI is InChI=1S/C22H21NO4/c1-3-20(24)21-18-11-17(10-9-16(18)12-26-21)25-13-19-14(2)27-22(23-19)15-7-5-4-6-8-15/h4-12,20,24H,3,13H2,1-2H3. The normalized spacial score (nSPS) is 12.4. The molecule has 5 heteroatoms. The maximum Gasteiger partial charge on any atom is 0.226 e. The van der Waals surface area contributed by atoms with Crippen LogP contribution in [0.4, 0.5) is 0 Å². The summed E-state index contributed by atoms with van der Waals surface area (Å²) in [5, 5.41) is 11.9. The molecule has 0 radical (unpaired) electrons. The van der Waals surface area contributed by atoms with Gasteiger partial charge in [0, 0.05) is 16.3 Å². The van der Waals surface area contributed by atoms with Crippen molar-refractivity contribution in [1.82, 2.24) is 4.98 Å². The quantitative estimate of drug-likeness (QED) is 0.495. The predicted octanol–water partition coefficient (Wildman–Crippen LogP) is 5.42. The summed E-state index contributed by atoms with van der Waals surface area (Å²) in [6.07, 6.45) is 1.62. The van der Waals surface area contributed by atoms with Gasteiger partial charge in [-0.05, 0) is 43.7 Å². The van der Waals surface area contributed by atoms with E-state index in [9.17, 15) is 5.11 Å². The van der Waals surface area contributed by atoms with Gasteiger partial charge in [0.1, 0.15) is 35.7 Å². The molecule has 0 saturated carbocycles. The second-order valence-corrected chi connectivity index (χ2v) is 6.45. The van der Waals surface area contributed by atoms with Crippen molar-refractivity contribution in [3.05, 3.63) is 72.0 Å². The second kappa shape index (κ2) is 7.29. The fourth-order valence-corrected chi connectivity index (χ4v) is 2.99. The number of oxazole rings is 1. The Balaban J connectivity index is 1.54. The van der Waals surface area contributed by atoms with Gasteiger partial charge in [0.05, 0.1) is 6.26 Å². The number of aliphatic hydroxyl groups is 1. The van der Waals surface area contributed by atoms with Crippen LogP contribution in [-0.2, 0) is 6.61 Å². The van der Waals surface area contributed by atoms with Crippen molar-refractivity contribution >= 4 is 10.8 Å². The number of hydrogen-bond acceptors (Lipinski definition) is 5. The third kappa shape index (κ3) is 3.46. The number of furan rings is 1. The van der Waals surface area contributed by atoms with Gasteiger partial charge in [0.25, 0.3) is 0 Å². The molecular weight excluding hydrogens is 342 g/mol. The topological polar surface area (TPSA) is 68.6 Å². The zero-order valence-electron chi connectivity index (χ0n) is 15.3. The first kappa shape index (κ1) is 17.4. The summed E-state index contributed by atoms with van der Waals surface area (Å²) in [5.74, 6) is 2.59. The molecule has 2 aromatic heterocycles. The van der Waals surface area contributed by atoms with E-state index < -0.39 is 6.10 Å². The SMILES string of the molecule is CCC(O)c1occ2ccc(OCc3nc(-c4ccccc4)oc3C)cc12. The van der Waals surface area contributed by atoms with Gasteiger partial charge in [-0.2, -0.15) is 0 Å². The average molecular weight is 363 g/mol. The van der Waals surface area contributed by atoms with E-state index in [0.717, 1.165) is 27.8 Å². The summed E-state index contributed by atoms with van der Waals surface area (Å²) in [7, 11) is 0. The zero-order valence-corrected chi connectivity index (χ0v) is 15.3. The minimum absolute atomic E-state index is 0.303. The molecule has 4 rings (SSSR count). The molecular formula is C22H21NO4. The molecule has 27 heavy (non-hydrogen) atoms. The Hall–Kier alpha value is -3.05. The number of fused-ring (bicyclic) bond motifs is 1. The van der Waals surface area contributed by atoms with E-state index in [4.69, 9.17) is 13.6 Å². The first-order valence-corrected chi connectivity index (χ1v) is 8.99. The van der Waals surface area contributed by atoms with Crippen molar-refractivity contribution < 1.29 is 18.7 Å². The number of rotatable bonds is 6. The van der Waals surface area contributed by atoms with Gasteiger partial charge in [-0.3, -0.25) is 0 Å². The number of ether oxygens (including phenoxy) is 1. The maximum atomic E-state index is 10.1. The molecule has 1 N–H and O–H groups in total. The molecule has 2 aromatic carbocycles. The van der Waals surface area contributed by atoms with Crippen LogP contribution >= 0.6 is 0 Å². The first-order chi connectivity index (χ1) is 13.2. The Bertz CT molecular complexity index is 1050. The van der Waals surface area contributed by atoms with E-state index in [1.165, 1.54) is 0 Å². The molecule has 0 bridgehead atoms. The van der Waals surface area contributed by atoms with Gasteiger partial charge in [0.15, 0.2) is 0 Å². The summed E-state index contributed by atoms with van der Waals surface area (Å²) in [4.78, 5) is 4.56. The summed E-state index contributed by atoms with van der Waals surface area (Å²) in [6.45, 7) is 4.10. The van der Waals surface area contributed by atoms with Gasteiger partial charge in [0.2, 0.25) is 5.89 Å². The number of aromatic nitrogens is 1. The summed E-state index contributed by atoms with van der Waals surface area (Å²) >= 11 is 0. The molecule has 1 unspecified atom stereocenters. The van der Waals surface area contributed by atoms with Gasteiger partial charge in [-0.25, -0.2) is 4.98 Å². The zero-order chi connectivity index (χ0) is 18.8. The number of hydrogen-bond donors (Lipinski definition) is 1. The van der Waals surface area contributed by atoms with Crippen LogP contribution in [0.1, 0.15) is 36.7 Å². The molecule has 0 saturated heterocycles. The van der Waals surface area contributed by atoms with E-state index in [2.05, 4.69) is 4.98 Å². The van der Waals surface area contributed by atoms with Gasteiger partial charge in [-0.15, -0.1) is 0 Å². The van der Waals surface area contributed by atoms with Crippen LogP contribution in [-0.4, -0.2) is 10.1 Å². The second-order valence-electron chi connectivity index (χ2n) is 6.45. The van der Waals surface area contributed by atoms with Crippen molar-refractivity contribution in [2.24, 2.45) is 0 Å². The molecule has 5 nitrogen and oxygen atoms in total. The van der Waals surface area contributed by atoms with E-state index in [-0.39, 0.29) is 0 Å².